The molecule has 0 aliphatic carbocycles. The number of aromatic nitrogens is 1. The van der Waals surface area contributed by atoms with E-state index < -0.39 is 43.3 Å². The molecule has 0 saturated carbocycles. The van der Waals surface area contributed by atoms with E-state index in [2.05, 4.69) is 10.3 Å². The van der Waals surface area contributed by atoms with Crippen molar-refractivity contribution in [2.24, 2.45) is 5.73 Å². The van der Waals surface area contributed by atoms with Gasteiger partial charge < -0.3 is 20.7 Å². The van der Waals surface area contributed by atoms with Crippen LogP contribution in [0.4, 0.5) is 8.78 Å². The van der Waals surface area contributed by atoms with Crippen LogP contribution in [0.2, 0.25) is 0 Å². The first kappa shape index (κ1) is 21.4. The number of nitriles is 1. The van der Waals surface area contributed by atoms with Gasteiger partial charge in [0, 0.05) is 18.0 Å². The highest BCUT2D eigenvalue weighted by molar-refractivity contribution is 6.07. The summed E-state index contributed by atoms with van der Waals surface area (Å²) in [4.78, 5) is 29.9. The van der Waals surface area contributed by atoms with Gasteiger partial charge in [0.1, 0.15) is 11.8 Å². The molecule has 8 nitrogen and oxygen atoms in total. The second-order valence-electron chi connectivity index (χ2n) is 6.94. The number of nitrogens with two attached hydrogens (primary N) is 1. The first-order valence-corrected chi connectivity index (χ1v) is 9.41. The number of ether oxygens (including phenoxy) is 1. The molecule has 2 amide bonds. The lowest BCUT2D eigenvalue weighted by Gasteiger charge is -2.19. The standard InChI is InChI=1S/C20H21F2N5O3/c21-20(22)9-13(10-24)27(12-20)18(28)11-26-19(29)15-4-6-25-17-3-2-14(8-16(15)17)30-7-1-5-23/h2-4,6,8,13H,1,5,7,9,11-12,23H2,(H,26,29). The maximum atomic E-state index is 13.5. The molecule has 158 valence electrons. The third kappa shape index (κ3) is 4.80. The van der Waals surface area contributed by atoms with Crippen LogP contribution < -0.4 is 15.8 Å². The highest BCUT2D eigenvalue weighted by Gasteiger charge is 2.47. The molecule has 2 heterocycles. The fourth-order valence-corrected chi connectivity index (χ4v) is 3.23. The first-order chi connectivity index (χ1) is 14.3. The zero-order valence-corrected chi connectivity index (χ0v) is 16.1. The lowest BCUT2D eigenvalue weighted by atomic mass is 10.1. The van der Waals surface area contributed by atoms with E-state index in [0.717, 1.165) is 4.90 Å². The summed E-state index contributed by atoms with van der Waals surface area (Å²) < 4.78 is 32.6. The van der Waals surface area contributed by atoms with Crippen LogP contribution in [0.5, 0.6) is 5.75 Å². The summed E-state index contributed by atoms with van der Waals surface area (Å²) in [6, 6.07) is 7.09. The molecule has 1 saturated heterocycles. The van der Waals surface area contributed by atoms with Crippen LogP contribution in [0.1, 0.15) is 23.2 Å². The Kier molecular flexibility index (Phi) is 6.42. The summed E-state index contributed by atoms with van der Waals surface area (Å²) in [6.45, 7) is -0.406. The molecule has 30 heavy (non-hydrogen) atoms. The van der Waals surface area contributed by atoms with Crippen LogP contribution in [0, 0.1) is 11.3 Å². The number of carbonyl (C=O) groups is 2. The predicted octanol–water partition coefficient (Wildman–Crippen LogP) is 1.45. The van der Waals surface area contributed by atoms with E-state index in [1.165, 1.54) is 12.3 Å². The Morgan fingerprint density at radius 1 is 1.40 bits per heavy atom. The molecule has 1 aromatic heterocycles. The molecule has 3 rings (SSSR count). The summed E-state index contributed by atoms with van der Waals surface area (Å²) in [5, 5.41) is 12.0. The molecular weight excluding hydrogens is 396 g/mol. The molecule has 0 radical (unpaired) electrons. The summed E-state index contributed by atoms with van der Waals surface area (Å²) in [5.41, 5.74) is 6.27. The average molecular weight is 417 g/mol. The summed E-state index contributed by atoms with van der Waals surface area (Å²) in [5.74, 6) is -3.86. The number of pyridine rings is 1. The third-order valence-electron chi connectivity index (χ3n) is 4.71. The summed E-state index contributed by atoms with van der Waals surface area (Å²) in [6.07, 6.45) is 1.44. The summed E-state index contributed by atoms with van der Waals surface area (Å²) in [7, 11) is 0. The van der Waals surface area contributed by atoms with Crippen LogP contribution in [-0.4, -0.2) is 59.9 Å². The Bertz CT molecular complexity index is 992. The molecule has 2 aromatic rings. The van der Waals surface area contributed by atoms with Gasteiger partial charge >= 0.3 is 0 Å². The lowest BCUT2D eigenvalue weighted by Crippen LogP contribution is -2.43. The highest BCUT2D eigenvalue weighted by Crippen LogP contribution is 2.31. The Balaban J connectivity index is 1.71. The molecular formula is C20H21F2N5O3. The number of hydrogen-bond donors (Lipinski definition) is 2. The van der Waals surface area contributed by atoms with Gasteiger partial charge in [0.25, 0.3) is 11.8 Å². The number of alkyl halides is 2. The minimum Gasteiger partial charge on any atom is -0.494 e. The van der Waals surface area contributed by atoms with E-state index in [9.17, 15) is 18.4 Å². The van der Waals surface area contributed by atoms with Crippen molar-refractivity contribution in [2.75, 3.05) is 26.2 Å². The normalized spacial score (nSPS) is 17.5. The van der Waals surface area contributed by atoms with Crippen LogP contribution >= 0.6 is 0 Å². The van der Waals surface area contributed by atoms with Gasteiger partial charge in [0.2, 0.25) is 5.91 Å². The Morgan fingerprint density at radius 2 is 2.20 bits per heavy atom. The minimum atomic E-state index is -3.11. The van der Waals surface area contributed by atoms with E-state index in [1.807, 2.05) is 0 Å². The molecule has 1 aliphatic heterocycles. The molecule has 0 bridgehead atoms. The monoisotopic (exact) mass is 417 g/mol. The maximum absolute atomic E-state index is 13.5. The molecule has 1 atom stereocenters. The number of nitrogens with one attached hydrogen (secondary N) is 1. The van der Waals surface area contributed by atoms with Crippen LogP contribution in [0.15, 0.2) is 30.5 Å². The van der Waals surface area contributed by atoms with Gasteiger partial charge in [0.05, 0.1) is 36.8 Å². The molecule has 1 unspecified atom stereocenters. The van der Waals surface area contributed by atoms with Crippen molar-refractivity contribution in [3.8, 4) is 11.8 Å². The SMILES string of the molecule is N#CC1CC(F)(F)CN1C(=O)CNC(=O)c1ccnc2ccc(OCCCN)cc12. The van der Waals surface area contributed by atoms with Gasteiger partial charge in [-0.15, -0.1) is 0 Å². The highest BCUT2D eigenvalue weighted by atomic mass is 19.3. The van der Waals surface area contributed by atoms with E-state index in [4.69, 9.17) is 15.7 Å². The van der Waals surface area contributed by atoms with Gasteiger partial charge in [-0.2, -0.15) is 5.26 Å². The van der Waals surface area contributed by atoms with Crippen LogP contribution in [-0.2, 0) is 4.79 Å². The number of halogens is 2. The number of hydrogen-bond acceptors (Lipinski definition) is 6. The molecule has 0 spiro atoms. The first-order valence-electron chi connectivity index (χ1n) is 9.41. The molecule has 1 aromatic carbocycles. The Labute approximate surface area is 171 Å². The number of benzene rings is 1. The minimum absolute atomic E-state index is 0.264. The average Bonchev–Trinajstić information content (AvgIpc) is 3.06. The van der Waals surface area contributed by atoms with Crippen molar-refractivity contribution in [2.45, 2.75) is 24.8 Å². The maximum Gasteiger partial charge on any atom is 0.268 e. The van der Waals surface area contributed by atoms with E-state index in [0.29, 0.717) is 36.2 Å². The predicted molar refractivity (Wildman–Crippen MR) is 104 cm³/mol. The van der Waals surface area contributed by atoms with Crippen molar-refractivity contribution in [1.82, 2.24) is 15.2 Å². The van der Waals surface area contributed by atoms with Crippen molar-refractivity contribution in [3.63, 3.8) is 0 Å². The molecule has 1 fully saturated rings. The number of nitrogens with zero attached hydrogens (tertiary/aromatic N) is 3. The number of fused-ring (bicyclic) bond motifs is 1. The third-order valence-corrected chi connectivity index (χ3v) is 4.71. The van der Waals surface area contributed by atoms with E-state index in [1.54, 1.807) is 24.3 Å². The van der Waals surface area contributed by atoms with E-state index in [-0.39, 0.29) is 5.56 Å². The topological polar surface area (TPSA) is 121 Å². The van der Waals surface area contributed by atoms with E-state index >= 15 is 0 Å². The van der Waals surface area contributed by atoms with Crippen molar-refractivity contribution in [3.05, 3.63) is 36.0 Å². The second kappa shape index (κ2) is 9.00. The zero-order valence-electron chi connectivity index (χ0n) is 16.1. The van der Waals surface area contributed by atoms with Crippen LogP contribution in [0.3, 0.4) is 0 Å². The smallest absolute Gasteiger partial charge is 0.268 e. The van der Waals surface area contributed by atoms with Crippen LogP contribution in [0.25, 0.3) is 10.9 Å². The van der Waals surface area contributed by atoms with Crippen molar-refractivity contribution in [1.29, 1.82) is 5.26 Å². The van der Waals surface area contributed by atoms with Gasteiger partial charge in [-0.3, -0.25) is 14.6 Å². The number of rotatable bonds is 7. The van der Waals surface area contributed by atoms with Crippen molar-refractivity contribution < 1.29 is 23.1 Å². The number of amides is 2. The van der Waals surface area contributed by atoms with Gasteiger partial charge in [0.15, 0.2) is 0 Å². The largest absolute Gasteiger partial charge is 0.494 e. The van der Waals surface area contributed by atoms with Gasteiger partial charge in [-0.25, -0.2) is 8.78 Å². The molecule has 3 N–H and O–H groups in total. The zero-order chi connectivity index (χ0) is 21.7. The quantitative estimate of drug-likeness (QED) is 0.658. The number of likely N-dealkylation sites (tertiary alicyclic amines) is 1. The molecule has 1 aliphatic rings. The fourth-order valence-electron chi connectivity index (χ4n) is 3.23. The lowest BCUT2D eigenvalue weighted by molar-refractivity contribution is -0.131. The van der Waals surface area contributed by atoms with Gasteiger partial charge in [-0.05, 0) is 37.2 Å². The Hall–Kier alpha value is -3.32. The molecule has 10 heteroatoms. The Morgan fingerprint density at radius 3 is 2.93 bits per heavy atom. The number of carbonyl (C=O) groups excluding carboxylic acids is 2. The fraction of sp³-hybridized carbons (Fsp3) is 0.400. The van der Waals surface area contributed by atoms with Crippen molar-refractivity contribution >= 4 is 22.7 Å². The summed E-state index contributed by atoms with van der Waals surface area (Å²) >= 11 is 0. The second-order valence-corrected chi connectivity index (χ2v) is 6.94. The van der Waals surface area contributed by atoms with Gasteiger partial charge in [-0.1, -0.05) is 0 Å².